The number of aromatic amines is 1. The van der Waals surface area contributed by atoms with E-state index in [1.807, 2.05) is 16.8 Å². The van der Waals surface area contributed by atoms with Crippen molar-refractivity contribution in [2.45, 2.75) is 76.2 Å². The lowest BCUT2D eigenvalue weighted by atomic mass is 9.76. The largest absolute Gasteiger partial charge is 0.288 e. The molecule has 7 heteroatoms. The molecule has 3 aromatic carbocycles. The number of rotatable bonds is 14. The maximum Gasteiger partial charge on any atom is 0.288 e. The molecular weight excluding hydrogens is 522 g/mol. The van der Waals surface area contributed by atoms with Gasteiger partial charge in [-0.15, -0.1) is 11.3 Å². The maximum absolute atomic E-state index is 6.84. The van der Waals surface area contributed by atoms with E-state index in [1.165, 1.54) is 47.9 Å². The van der Waals surface area contributed by atoms with Crippen molar-refractivity contribution in [1.82, 2.24) is 20.5 Å². The molecule has 0 aliphatic rings. The Labute approximate surface area is 240 Å². The fourth-order valence-corrected chi connectivity index (χ4v) is 7.08. The molecule has 3 unspecified atom stereocenters. The normalized spacial score (nSPS) is 13.9. The molecule has 5 aromatic rings. The monoisotopic (exact) mass is 558 g/mol. The van der Waals surface area contributed by atoms with Crippen LogP contribution in [0.1, 0.15) is 85.8 Å². The Morgan fingerprint density at radius 2 is 1.64 bits per heavy atom. The first-order valence-electron chi connectivity index (χ1n) is 14.1. The highest BCUT2D eigenvalue weighted by Crippen LogP contribution is 2.45. The number of fused-ring (bicyclic) bond motifs is 1. The number of aromatic nitrogens is 5. The minimum Gasteiger partial charge on any atom is -0.241 e. The third-order valence-electron chi connectivity index (χ3n) is 7.70. The van der Waals surface area contributed by atoms with Gasteiger partial charge in [-0.05, 0) is 54.0 Å². The number of hydrogen-bond acceptors (Lipinski definition) is 4. The highest BCUT2D eigenvalue weighted by Gasteiger charge is 2.33. The van der Waals surface area contributed by atoms with E-state index in [0.29, 0.717) is 5.92 Å². The van der Waals surface area contributed by atoms with Crippen molar-refractivity contribution >= 4 is 33.2 Å². The van der Waals surface area contributed by atoms with Crippen LogP contribution in [-0.4, -0.2) is 20.5 Å². The number of nitrogens with zero attached hydrogens (tertiary/aromatic N) is 4. The molecule has 0 aliphatic heterocycles. The Morgan fingerprint density at radius 3 is 2.41 bits per heavy atom. The molecule has 2 heterocycles. The molecule has 39 heavy (non-hydrogen) atoms. The topological polar surface area (TPSA) is 58.3 Å². The average Bonchev–Trinajstić information content (AvgIpc) is 3.64. The fourth-order valence-electron chi connectivity index (χ4n) is 5.66. The fraction of sp³-hybridized carbons (Fsp3) is 0.375. The van der Waals surface area contributed by atoms with E-state index in [-0.39, 0.29) is 11.8 Å². The van der Waals surface area contributed by atoms with Gasteiger partial charge in [0.05, 0.1) is 16.1 Å². The molecule has 5 nitrogen and oxygen atoms in total. The Morgan fingerprint density at radius 1 is 0.872 bits per heavy atom. The van der Waals surface area contributed by atoms with Gasteiger partial charge in [-0.2, -0.15) is 4.68 Å². The van der Waals surface area contributed by atoms with Gasteiger partial charge < -0.3 is 0 Å². The summed E-state index contributed by atoms with van der Waals surface area (Å²) in [6.45, 7) is 2.99. The highest BCUT2D eigenvalue weighted by molar-refractivity contribution is 7.18. The molecule has 5 rings (SSSR count). The first-order chi connectivity index (χ1) is 19.2. The summed E-state index contributed by atoms with van der Waals surface area (Å²) in [6.07, 6.45) is 10.2. The summed E-state index contributed by atoms with van der Waals surface area (Å²) < 4.78 is 3.19. The van der Waals surface area contributed by atoms with Crippen LogP contribution in [0.2, 0.25) is 5.02 Å². The van der Waals surface area contributed by atoms with Gasteiger partial charge in [0.15, 0.2) is 5.21 Å². The smallest absolute Gasteiger partial charge is 0.241 e. The van der Waals surface area contributed by atoms with Crippen LogP contribution in [0.25, 0.3) is 10.2 Å². The van der Waals surface area contributed by atoms with Gasteiger partial charge in [-0.1, -0.05) is 117 Å². The lowest BCUT2D eigenvalue weighted by Gasteiger charge is -2.30. The van der Waals surface area contributed by atoms with Crippen LogP contribution in [0.3, 0.4) is 0 Å². The number of nitrogens with one attached hydrogen (secondary N) is 1. The van der Waals surface area contributed by atoms with Gasteiger partial charge in [0, 0.05) is 5.02 Å². The van der Waals surface area contributed by atoms with E-state index in [2.05, 4.69) is 89.2 Å². The van der Waals surface area contributed by atoms with E-state index in [9.17, 15) is 0 Å². The van der Waals surface area contributed by atoms with Gasteiger partial charge in [-0.3, -0.25) is 0 Å². The van der Waals surface area contributed by atoms with Gasteiger partial charge in [0.25, 0.3) is 6.33 Å². The first kappa shape index (κ1) is 27.5. The molecule has 0 saturated carbocycles. The number of thiazole rings is 1. The van der Waals surface area contributed by atoms with E-state index >= 15 is 0 Å². The minimum atomic E-state index is 0.141. The van der Waals surface area contributed by atoms with E-state index in [1.54, 1.807) is 17.7 Å². The predicted octanol–water partition coefficient (Wildman–Crippen LogP) is 8.46. The summed E-state index contributed by atoms with van der Waals surface area (Å²) in [7, 11) is 0. The third-order valence-corrected chi connectivity index (χ3v) is 9.21. The Balaban J connectivity index is 1.54. The predicted molar refractivity (Wildman–Crippen MR) is 160 cm³/mol. The number of tetrazole rings is 1. The van der Waals surface area contributed by atoms with Crippen LogP contribution in [0.15, 0.2) is 85.2 Å². The van der Waals surface area contributed by atoms with Crippen molar-refractivity contribution in [3.05, 3.63) is 106 Å². The number of unbranched alkanes of at least 4 members (excludes halogenated alkanes) is 4. The van der Waals surface area contributed by atoms with Crippen LogP contribution in [0.4, 0.5) is 0 Å². The Kier molecular flexibility index (Phi) is 9.73. The van der Waals surface area contributed by atoms with Crippen LogP contribution in [0, 0.1) is 0 Å². The molecular formula is C32H37ClN5S+. The van der Waals surface area contributed by atoms with E-state index < -0.39 is 0 Å². The highest BCUT2D eigenvalue weighted by atomic mass is 35.5. The van der Waals surface area contributed by atoms with Crippen molar-refractivity contribution in [3.63, 3.8) is 0 Å². The van der Waals surface area contributed by atoms with Crippen molar-refractivity contribution in [2.75, 3.05) is 0 Å². The average molecular weight is 559 g/mol. The molecule has 0 amide bonds. The zero-order valence-electron chi connectivity index (χ0n) is 22.5. The molecule has 0 spiro atoms. The molecule has 0 radical (unpaired) electrons. The summed E-state index contributed by atoms with van der Waals surface area (Å²) in [5.41, 5.74) is 3.65. The SMILES string of the molecule is CCCCCCCC(CC(c1ccccc1)C(C[n+]1cnn[nH]1)c1nc2ccccc2s1)c1ccccc1Cl. The Bertz CT molecular complexity index is 1390. The Hall–Kier alpha value is -3.09. The van der Waals surface area contributed by atoms with E-state index in [4.69, 9.17) is 16.6 Å². The molecule has 0 bridgehead atoms. The zero-order chi connectivity index (χ0) is 26.9. The molecule has 0 aliphatic carbocycles. The summed E-state index contributed by atoms with van der Waals surface area (Å²) in [6, 6.07) is 27.8. The van der Waals surface area contributed by atoms with Gasteiger partial charge in [0.2, 0.25) is 0 Å². The van der Waals surface area contributed by atoms with Crippen molar-refractivity contribution < 1.29 is 4.68 Å². The van der Waals surface area contributed by atoms with Crippen molar-refractivity contribution in [2.24, 2.45) is 0 Å². The standard InChI is InChI=1S/C32H36ClN5S/c1-2-3-4-5-7-16-25(26-17-10-11-18-29(26)33)21-27(24-14-8-6-9-15-24)28(22-38-23-34-36-37-38)32-35-30-19-12-13-20-31(30)39-32/h6,8-15,17-20,23,25,27-28H,2-5,7,16,21-22H2,1H3/p+1. The molecule has 0 fully saturated rings. The third kappa shape index (κ3) is 7.11. The number of hydrogen-bond donors (Lipinski definition) is 1. The van der Waals surface area contributed by atoms with E-state index in [0.717, 1.165) is 34.9 Å². The van der Waals surface area contributed by atoms with Crippen molar-refractivity contribution in [3.8, 4) is 0 Å². The quantitative estimate of drug-likeness (QED) is 0.110. The van der Waals surface area contributed by atoms with Gasteiger partial charge in [0.1, 0.15) is 16.7 Å². The number of halogens is 1. The lowest BCUT2D eigenvalue weighted by Crippen LogP contribution is -2.40. The summed E-state index contributed by atoms with van der Waals surface area (Å²) in [5, 5.41) is 13.1. The molecule has 2 aromatic heterocycles. The second-order valence-corrected chi connectivity index (χ2v) is 11.9. The van der Waals surface area contributed by atoms with Crippen LogP contribution in [-0.2, 0) is 6.54 Å². The summed E-state index contributed by atoms with van der Waals surface area (Å²) >= 11 is 8.64. The molecule has 1 N–H and O–H groups in total. The molecule has 0 saturated heterocycles. The number of H-pyrrole nitrogens is 1. The first-order valence-corrected chi connectivity index (χ1v) is 15.3. The molecule has 202 valence electrons. The minimum absolute atomic E-state index is 0.141. The second-order valence-electron chi connectivity index (χ2n) is 10.4. The molecule has 3 atom stereocenters. The summed E-state index contributed by atoms with van der Waals surface area (Å²) in [4.78, 5) is 5.16. The van der Waals surface area contributed by atoms with Gasteiger partial charge >= 0.3 is 0 Å². The lowest BCUT2D eigenvalue weighted by molar-refractivity contribution is -0.757. The summed E-state index contributed by atoms with van der Waals surface area (Å²) in [5.74, 6) is 0.730. The maximum atomic E-state index is 6.84. The van der Waals surface area contributed by atoms with Crippen LogP contribution in [0.5, 0.6) is 0 Å². The number of benzene rings is 3. The second kappa shape index (κ2) is 13.8. The van der Waals surface area contributed by atoms with Crippen LogP contribution < -0.4 is 4.68 Å². The number of para-hydroxylation sites is 1. The van der Waals surface area contributed by atoms with Crippen LogP contribution >= 0.6 is 22.9 Å². The zero-order valence-corrected chi connectivity index (χ0v) is 24.1. The van der Waals surface area contributed by atoms with Gasteiger partial charge in [-0.25, -0.2) is 4.98 Å². The van der Waals surface area contributed by atoms with Crippen molar-refractivity contribution in [1.29, 1.82) is 0 Å².